The van der Waals surface area contributed by atoms with Crippen LogP contribution in [0, 0.1) is 0 Å². The molecule has 460 valence electrons. The zero-order valence-corrected chi connectivity index (χ0v) is 51.1. The van der Waals surface area contributed by atoms with Gasteiger partial charge in [0.25, 0.3) is 0 Å². The number of carbonyl (C=O) groups excluding carboxylic acids is 3. The van der Waals surface area contributed by atoms with Crippen molar-refractivity contribution in [1.82, 2.24) is 0 Å². The number of hydrogen-bond donors (Lipinski definition) is 4. The molecule has 0 aromatic heterocycles. The van der Waals surface area contributed by atoms with Crippen LogP contribution in [0.2, 0.25) is 0 Å². The molecule has 79 heavy (non-hydrogen) atoms. The molecule has 5 atom stereocenters. The highest BCUT2D eigenvalue weighted by atomic mass is 31.2. The van der Waals surface area contributed by atoms with E-state index in [9.17, 15) is 43.5 Å². The molecule has 0 amide bonds. The van der Waals surface area contributed by atoms with Gasteiger partial charge in [-0.3, -0.25) is 32.5 Å². The number of aliphatic hydroxyl groups excluding tert-OH is 2. The predicted molar refractivity (Wildman–Crippen MR) is 316 cm³/mol. The monoisotopic (exact) mass is 1160 g/mol. The van der Waals surface area contributed by atoms with E-state index in [1.807, 2.05) is 12.2 Å². The van der Waals surface area contributed by atoms with Gasteiger partial charge < -0.3 is 34.2 Å². The lowest BCUT2D eigenvalue weighted by atomic mass is 10.0. The Kier molecular flexibility index (Phi) is 53.8. The Hall–Kier alpha value is -2.75. The van der Waals surface area contributed by atoms with E-state index in [0.29, 0.717) is 25.7 Å². The fourth-order valence-electron chi connectivity index (χ4n) is 8.08. The van der Waals surface area contributed by atoms with Crippen LogP contribution < -0.4 is 0 Å². The lowest BCUT2D eigenvalue weighted by Gasteiger charge is -2.21. The number of allylic oxidation sites excluding steroid dienone is 10. The standard InChI is InChI=1S/C61H110O16P2/c1-4-7-10-13-16-19-22-24-26-27-29-31-33-35-38-41-44-47-59(64)71-50-56(62)51-73-78(67,68)74-52-57(63)53-75-79(69,70)76-55-58(77-61(66)49-46-43-40-37-32-21-18-15-12-9-6-3)54-72-60(65)48-45-42-39-36-34-30-28-25-23-20-17-14-11-8-5-2/h7,10,16,19,24,26,29,31,35,38,56-58,62-63H,4-6,8-9,11-15,17-18,20-23,25,27-28,30,32-34,36-37,39-55H2,1-3H3,(H,67,68)(H,69,70)/b10-7-,19-16-,26-24-,31-29-,38-35-. The number of esters is 3. The smallest absolute Gasteiger partial charge is 0.463 e. The van der Waals surface area contributed by atoms with E-state index in [-0.39, 0.29) is 19.3 Å². The Labute approximate surface area is 478 Å². The van der Waals surface area contributed by atoms with Gasteiger partial charge in [-0.2, -0.15) is 0 Å². The number of unbranched alkanes of at least 4 members (excludes halogenated alkanes) is 25. The molecule has 4 N–H and O–H groups in total. The molecule has 0 saturated heterocycles. The summed E-state index contributed by atoms with van der Waals surface area (Å²) in [5.74, 6) is -1.62. The van der Waals surface area contributed by atoms with Crippen LogP contribution in [0.5, 0.6) is 0 Å². The summed E-state index contributed by atoms with van der Waals surface area (Å²) >= 11 is 0. The summed E-state index contributed by atoms with van der Waals surface area (Å²) < 4.78 is 60.6. The lowest BCUT2D eigenvalue weighted by molar-refractivity contribution is -0.161. The van der Waals surface area contributed by atoms with E-state index < -0.39 is 91.5 Å². The molecule has 0 rings (SSSR count). The molecule has 0 aromatic carbocycles. The Morgan fingerprint density at radius 3 is 1.06 bits per heavy atom. The first-order valence-electron chi connectivity index (χ1n) is 30.6. The second kappa shape index (κ2) is 55.8. The number of aliphatic hydroxyl groups is 2. The minimum absolute atomic E-state index is 0.109. The van der Waals surface area contributed by atoms with Gasteiger partial charge >= 0.3 is 33.6 Å². The third-order valence-corrected chi connectivity index (χ3v) is 14.7. The molecular formula is C61H110O16P2. The summed E-state index contributed by atoms with van der Waals surface area (Å²) in [4.78, 5) is 58.0. The zero-order valence-electron chi connectivity index (χ0n) is 49.3. The molecule has 18 heteroatoms. The third kappa shape index (κ3) is 56.9. The summed E-state index contributed by atoms with van der Waals surface area (Å²) in [7, 11) is -9.76. The second-order valence-corrected chi connectivity index (χ2v) is 23.4. The molecule has 16 nitrogen and oxygen atoms in total. The number of carbonyl (C=O) groups is 3. The third-order valence-electron chi connectivity index (χ3n) is 12.8. The summed E-state index contributed by atoms with van der Waals surface area (Å²) in [5.41, 5.74) is 0. The van der Waals surface area contributed by atoms with Crippen LogP contribution >= 0.6 is 15.6 Å². The zero-order chi connectivity index (χ0) is 58.2. The van der Waals surface area contributed by atoms with Crippen LogP contribution in [0.15, 0.2) is 60.8 Å². The highest BCUT2D eigenvalue weighted by molar-refractivity contribution is 7.47. The molecule has 0 spiro atoms. The minimum atomic E-state index is -4.91. The van der Waals surface area contributed by atoms with E-state index in [1.54, 1.807) is 0 Å². The average molecular weight is 1160 g/mol. The molecule has 0 aliphatic carbocycles. The van der Waals surface area contributed by atoms with Crippen molar-refractivity contribution in [2.75, 3.05) is 39.6 Å². The van der Waals surface area contributed by atoms with Gasteiger partial charge in [-0.25, -0.2) is 9.13 Å². The summed E-state index contributed by atoms with van der Waals surface area (Å²) in [6.07, 6.45) is 53.0. The van der Waals surface area contributed by atoms with E-state index in [0.717, 1.165) is 77.0 Å². The van der Waals surface area contributed by atoms with Gasteiger partial charge in [0.1, 0.15) is 25.4 Å². The molecule has 0 aliphatic rings. The average Bonchev–Trinajstić information content (AvgIpc) is 3.42. The van der Waals surface area contributed by atoms with Crippen molar-refractivity contribution in [2.24, 2.45) is 0 Å². The van der Waals surface area contributed by atoms with E-state index in [1.165, 1.54) is 109 Å². The first-order chi connectivity index (χ1) is 38.2. The van der Waals surface area contributed by atoms with Crippen molar-refractivity contribution in [1.29, 1.82) is 0 Å². The molecule has 0 radical (unpaired) electrons. The second-order valence-electron chi connectivity index (χ2n) is 20.5. The largest absolute Gasteiger partial charge is 0.472 e. The highest BCUT2D eigenvalue weighted by Crippen LogP contribution is 2.45. The molecule has 0 bridgehead atoms. The maximum atomic E-state index is 12.8. The fraction of sp³-hybridized carbons (Fsp3) is 0.787. The normalized spacial score (nSPS) is 14.9. The maximum Gasteiger partial charge on any atom is 0.472 e. The van der Waals surface area contributed by atoms with Gasteiger partial charge in [-0.05, 0) is 57.8 Å². The topological polar surface area (TPSA) is 231 Å². The summed E-state index contributed by atoms with van der Waals surface area (Å²) in [6.45, 7) is 2.48. The van der Waals surface area contributed by atoms with Gasteiger partial charge in [-0.1, -0.05) is 236 Å². The van der Waals surface area contributed by atoms with Crippen molar-refractivity contribution < 1.29 is 75.8 Å². The summed E-state index contributed by atoms with van der Waals surface area (Å²) in [6, 6.07) is 0. The van der Waals surface area contributed by atoms with E-state index >= 15 is 0 Å². The van der Waals surface area contributed by atoms with Crippen LogP contribution in [0.1, 0.15) is 252 Å². The number of phosphoric acid groups is 2. The molecule has 0 fully saturated rings. The Balaban J connectivity index is 4.66. The maximum absolute atomic E-state index is 12.8. The molecular weight excluding hydrogens is 1050 g/mol. The van der Waals surface area contributed by atoms with Crippen molar-refractivity contribution in [2.45, 2.75) is 270 Å². The number of ether oxygens (including phenoxy) is 3. The molecule has 0 aliphatic heterocycles. The first-order valence-corrected chi connectivity index (χ1v) is 33.6. The van der Waals surface area contributed by atoms with Gasteiger partial charge in [0.05, 0.1) is 26.4 Å². The molecule has 0 saturated carbocycles. The van der Waals surface area contributed by atoms with Crippen LogP contribution in [-0.2, 0) is 55.8 Å². The number of rotatable bonds is 58. The Morgan fingerprint density at radius 2 is 0.671 bits per heavy atom. The summed E-state index contributed by atoms with van der Waals surface area (Å²) in [5, 5.41) is 20.4. The number of phosphoric ester groups is 2. The van der Waals surface area contributed by atoms with Crippen LogP contribution in [0.25, 0.3) is 0 Å². The molecule has 0 heterocycles. The van der Waals surface area contributed by atoms with E-state index in [4.69, 9.17) is 32.3 Å². The predicted octanol–water partition coefficient (Wildman–Crippen LogP) is 15.9. The van der Waals surface area contributed by atoms with Gasteiger partial charge in [0, 0.05) is 19.3 Å². The molecule has 0 aromatic rings. The quantitative estimate of drug-likeness (QED) is 0.0146. The van der Waals surface area contributed by atoms with Crippen LogP contribution in [-0.4, -0.2) is 95.9 Å². The fourth-order valence-corrected chi connectivity index (χ4v) is 9.66. The lowest BCUT2D eigenvalue weighted by Crippen LogP contribution is -2.30. The van der Waals surface area contributed by atoms with Crippen molar-refractivity contribution in [3.8, 4) is 0 Å². The van der Waals surface area contributed by atoms with Crippen molar-refractivity contribution in [3.05, 3.63) is 60.8 Å². The minimum Gasteiger partial charge on any atom is -0.463 e. The number of hydrogen-bond acceptors (Lipinski definition) is 14. The molecule has 5 unspecified atom stereocenters. The SMILES string of the molecule is CC/C=C\C/C=C\C/C=C\C/C=C\C/C=C\CCCC(=O)OCC(O)COP(=O)(O)OCC(O)COP(=O)(O)OCC(COC(=O)CCCCCCCCCCCCCCCCC)OC(=O)CCCCCCCCCCCCC. The Bertz CT molecular complexity index is 1700. The first kappa shape index (κ1) is 76.2. The van der Waals surface area contributed by atoms with Gasteiger partial charge in [0.15, 0.2) is 6.10 Å². The van der Waals surface area contributed by atoms with Crippen LogP contribution in [0.3, 0.4) is 0 Å². The van der Waals surface area contributed by atoms with E-state index in [2.05, 4.69) is 69.4 Å². The van der Waals surface area contributed by atoms with Gasteiger partial charge in [0.2, 0.25) is 0 Å². The van der Waals surface area contributed by atoms with Crippen LogP contribution in [0.4, 0.5) is 0 Å². The highest BCUT2D eigenvalue weighted by Gasteiger charge is 2.29. The van der Waals surface area contributed by atoms with Crippen molar-refractivity contribution in [3.63, 3.8) is 0 Å². The Morgan fingerprint density at radius 1 is 0.367 bits per heavy atom. The van der Waals surface area contributed by atoms with Gasteiger partial charge in [-0.15, -0.1) is 0 Å². The van der Waals surface area contributed by atoms with Crippen molar-refractivity contribution >= 4 is 33.6 Å².